The lowest BCUT2D eigenvalue weighted by molar-refractivity contribution is 0.824. The first kappa shape index (κ1) is 14.6. The molecule has 1 heterocycles. The highest BCUT2D eigenvalue weighted by Crippen LogP contribution is 2.26. The number of hydrogen-bond acceptors (Lipinski definition) is 2. The summed E-state index contributed by atoms with van der Waals surface area (Å²) in [5.41, 5.74) is 5.86. The number of benzene rings is 2. The zero-order valence-corrected chi connectivity index (χ0v) is 13.6. The largest absolute Gasteiger partial charge is 0.355 e. The van der Waals surface area contributed by atoms with Gasteiger partial charge in [0, 0.05) is 12.2 Å². The summed E-state index contributed by atoms with van der Waals surface area (Å²) in [4.78, 5) is 4.78. The van der Waals surface area contributed by atoms with E-state index in [-0.39, 0.29) is 0 Å². The van der Waals surface area contributed by atoms with Crippen LogP contribution in [0.1, 0.15) is 30.9 Å². The third-order valence-corrected chi connectivity index (χ3v) is 3.92. The van der Waals surface area contributed by atoms with Crippen molar-refractivity contribution in [3.05, 3.63) is 53.6 Å². The zero-order chi connectivity index (χ0) is 15.5. The van der Waals surface area contributed by atoms with E-state index in [4.69, 9.17) is 4.98 Å². The number of fused-ring (bicyclic) bond motifs is 1. The lowest BCUT2D eigenvalue weighted by atomic mass is 10.2. The normalized spacial score (nSPS) is 11.0. The molecule has 0 bridgehead atoms. The molecule has 0 saturated heterocycles. The molecular formula is C19H23N3. The standard InChI is InChI=1S/C19H23N3/c1-4-5-12-20-19-21-17-11-8-15(3)13-18(17)22(19)16-9-6-14(2)7-10-16/h6-11,13H,4-5,12H2,1-3H3,(H,20,21). The minimum Gasteiger partial charge on any atom is -0.355 e. The van der Waals surface area contributed by atoms with Gasteiger partial charge in [-0.3, -0.25) is 4.57 Å². The SMILES string of the molecule is CCCCNc1nc2ccc(C)cc2n1-c1ccc(C)cc1. The van der Waals surface area contributed by atoms with Crippen molar-refractivity contribution < 1.29 is 0 Å². The molecule has 0 radical (unpaired) electrons. The Bertz CT molecular complexity index is 769. The number of nitrogens with zero attached hydrogens (tertiary/aromatic N) is 2. The summed E-state index contributed by atoms with van der Waals surface area (Å²) in [7, 11) is 0. The topological polar surface area (TPSA) is 29.9 Å². The minimum absolute atomic E-state index is 0.929. The van der Waals surface area contributed by atoms with Crippen LogP contribution in [0.5, 0.6) is 0 Å². The summed E-state index contributed by atoms with van der Waals surface area (Å²) >= 11 is 0. The van der Waals surface area contributed by atoms with Gasteiger partial charge in [-0.15, -0.1) is 0 Å². The molecule has 0 amide bonds. The summed E-state index contributed by atoms with van der Waals surface area (Å²) in [5, 5.41) is 3.49. The van der Waals surface area contributed by atoms with Crippen LogP contribution in [0.15, 0.2) is 42.5 Å². The molecule has 0 aliphatic heterocycles. The van der Waals surface area contributed by atoms with E-state index in [0.29, 0.717) is 0 Å². The van der Waals surface area contributed by atoms with Gasteiger partial charge in [-0.25, -0.2) is 4.98 Å². The van der Waals surface area contributed by atoms with E-state index in [1.54, 1.807) is 0 Å². The van der Waals surface area contributed by atoms with Gasteiger partial charge in [0.1, 0.15) is 0 Å². The van der Waals surface area contributed by atoms with Gasteiger partial charge in [-0.05, 0) is 50.1 Å². The molecule has 1 N–H and O–H groups in total. The van der Waals surface area contributed by atoms with Crippen molar-refractivity contribution in [2.45, 2.75) is 33.6 Å². The van der Waals surface area contributed by atoms with Gasteiger partial charge in [0.15, 0.2) is 0 Å². The smallest absolute Gasteiger partial charge is 0.208 e. The number of hydrogen-bond donors (Lipinski definition) is 1. The molecule has 3 nitrogen and oxygen atoms in total. The first-order valence-corrected chi connectivity index (χ1v) is 7.99. The van der Waals surface area contributed by atoms with Crippen molar-refractivity contribution in [2.24, 2.45) is 0 Å². The molecule has 22 heavy (non-hydrogen) atoms. The van der Waals surface area contributed by atoms with Gasteiger partial charge in [-0.2, -0.15) is 0 Å². The molecule has 1 aromatic heterocycles. The van der Waals surface area contributed by atoms with Crippen molar-refractivity contribution in [1.82, 2.24) is 9.55 Å². The zero-order valence-electron chi connectivity index (χ0n) is 13.6. The molecule has 2 aromatic carbocycles. The molecule has 0 aliphatic rings. The van der Waals surface area contributed by atoms with E-state index >= 15 is 0 Å². The molecule has 114 valence electrons. The summed E-state index contributed by atoms with van der Waals surface area (Å²) in [6.07, 6.45) is 2.33. The number of aromatic nitrogens is 2. The number of aryl methyl sites for hydroxylation is 2. The second kappa shape index (κ2) is 6.22. The van der Waals surface area contributed by atoms with Crippen LogP contribution in [-0.2, 0) is 0 Å². The molecule has 0 aliphatic carbocycles. The van der Waals surface area contributed by atoms with Gasteiger partial charge in [0.25, 0.3) is 0 Å². The Balaban J connectivity index is 2.12. The van der Waals surface area contributed by atoms with Crippen molar-refractivity contribution in [2.75, 3.05) is 11.9 Å². The first-order chi connectivity index (χ1) is 10.7. The summed E-state index contributed by atoms with van der Waals surface area (Å²) in [5.74, 6) is 0.929. The molecule has 0 atom stereocenters. The quantitative estimate of drug-likeness (QED) is 0.681. The van der Waals surface area contributed by atoms with Crippen LogP contribution >= 0.6 is 0 Å². The van der Waals surface area contributed by atoms with E-state index in [2.05, 4.69) is 73.1 Å². The average Bonchev–Trinajstić information content (AvgIpc) is 2.86. The molecule has 3 heteroatoms. The first-order valence-electron chi connectivity index (χ1n) is 7.99. The molecule has 0 spiro atoms. The van der Waals surface area contributed by atoms with Crippen molar-refractivity contribution >= 4 is 17.0 Å². The Morgan fingerprint density at radius 2 is 1.73 bits per heavy atom. The van der Waals surface area contributed by atoms with Crippen molar-refractivity contribution in [3.63, 3.8) is 0 Å². The molecule has 3 rings (SSSR count). The highest BCUT2D eigenvalue weighted by atomic mass is 15.2. The van der Waals surface area contributed by atoms with E-state index in [1.807, 2.05) is 0 Å². The highest BCUT2D eigenvalue weighted by molar-refractivity contribution is 5.82. The predicted molar refractivity (Wildman–Crippen MR) is 93.9 cm³/mol. The van der Waals surface area contributed by atoms with Crippen LogP contribution in [-0.4, -0.2) is 16.1 Å². The van der Waals surface area contributed by atoms with Crippen LogP contribution in [0.4, 0.5) is 5.95 Å². The Hall–Kier alpha value is -2.29. The van der Waals surface area contributed by atoms with Gasteiger partial charge < -0.3 is 5.32 Å². The van der Waals surface area contributed by atoms with Crippen molar-refractivity contribution in [1.29, 1.82) is 0 Å². The molecular weight excluding hydrogens is 270 g/mol. The van der Waals surface area contributed by atoms with Crippen LogP contribution in [0.25, 0.3) is 16.7 Å². The second-order valence-corrected chi connectivity index (χ2v) is 5.88. The van der Waals surface area contributed by atoms with E-state index in [0.717, 1.165) is 35.6 Å². The second-order valence-electron chi connectivity index (χ2n) is 5.88. The van der Waals surface area contributed by atoms with E-state index in [9.17, 15) is 0 Å². The van der Waals surface area contributed by atoms with E-state index in [1.165, 1.54) is 17.5 Å². The lowest BCUT2D eigenvalue weighted by Crippen LogP contribution is -2.07. The molecule has 0 fully saturated rings. The number of unbranched alkanes of at least 4 members (excludes halogenated alkanes) is 1. The van der Waals surface area contributed by atoms with Gasteiger partial charge in [0.2, 0.25) is 5.95 Å². The number of nitrogens with one attached hydrogen (secondary N) is 1. The minimum atomic E-state index is 0.929. The Morgan fingerprint density at radius 3 is 2.45 bits per heavy atom. The average molecular weight is 293 g/mol. The maximum Gasteiger partial charge on any atom is 0.208 e. The van der Waals surface area contributed by atoms with Crippen molar-refractivity contribution in [3.8, 4) is 5.69 Å². The molecule has 0 unspecified atom stereocenters. The monoisotopic (exact) mass is 293 g/mol. The lowest BCUT2D eigenvalue weighted by Gasteiger charge is -2.11. The number of rotatable bonds is 5. The summed E-state index contributed by atoms with van der Waals surface area (Å²) < 4.78 is 2.22. The summed E-state index contributed by atoms with van der Waals surface area (Å²) in [6, 6.07) is 15.0. The summed E-state index contributed by atoms with van der Waals surface area (Å²) in [6.45, 7) is 7.38. The van der Waals surface area contributed by atoms with Crippen LogP contribution in [0.2, 0.25) is 0 Å². The maximum absolute atomic E-state index is 4.78. The van der Waals surface area contributed by atoms with Gasteiger partial charge in [-0.1, -0.05) is 37.1 Å². The fourth-order valence-electron chi connectivity index (χ4n) is 2.64. The number of anilines is 1. The molecule has 0 saturated carbocycles. The molecule has 3 aromatic rings. The Kier molecular flexibility index (Phi) is 4.14. The van der Waals surface area contributed by atoms with Gasteiger partial charge in [0.05, 0.1) is 11.0 Å². The van der Waals surface area contributed by atoms with Gasteiger partial charge >= 0.3 is 0 Å². The fourth-order valence-corrected chi connectivity index (χ4v) is 2.64. The van der Waals surface area contributed by atoms with E-state index < -0.39 is 0 Å². The van der Waals surface area contributed by atoms with Crippen LogP contribution in [0.3, 0.4) is 0 Å². The Morgan fingerprint density at radius 1 is 1.00 bits per heavy atom. The van der Waals surface area contributed by atoms with Crippen LogP contribution < -0.4 is 5.32 Å². The van der Waals surface area contributed by atoms with Crippen LogP contribution in [0, 0.1) is 13.8 Å². The number of imidazole rings is 1. The predicted octanol–water partition coefficient (Wildman–Crippen LogP) is 4.85. The maximum atomic E-state index is 4.78. The third kappa shape index (κ3) is 2.84. The fraction of sp³-hybridized carbons (Fsp3) is 0.316. The highest BCUT2D eigenvalue weighted by Gasteiger charge is 2.12. The Labute approximate surface area is 132 Å². The third-order valence-electron chi connectivity index (χ3n) is 3.92.